The summed E-state index contributed by atoms with van der Waals surface area (Å²) < 4.78 is 0. The number of unbranched alkanes of at least 4 members (excludes halogenated alkanes) is 1. The zero-order valence-electron chi connectivity index (χ0n) is 6.80. The van der Waals surface area contributed by atoms with Crippen molar-refractivity contribution in [1.82, 2.24) is 0 Å². The van der Waals surface area contributed by atoms with E-state index in [1.54, 1.807) is 0 Å². The molecule has 0 aromatic carbocycles. The van der Waals surface area contributed by atoms with Crippen molar-refractivity contribution in [1.29, 1.82) is 10.8 Å². The van der Waals surface area contributed by atoms with Crippen LogP contribution in [0.2, 0.25) is 0 Å². The minimum absolute atomic E-state index is 0.750. The van der Waals surface area contributed by atoms with Crippen LogP contribution in [-0.4, -0.2) is 25.2 Å². The lowest BCUT2D eigenvalue weighted by Crippen LogP contribution is -2.03. The molecule has 0 amide bonds. The van der Waals surface area contributed by atoms with E-state index in [1.807, 2.05) is 0 Å². The van der Waals surface area contributed by atoms with Crippen LogP contribution in [0, 0.1) is 10.8 Å². The van der Waals surface area contributed by atoms with Gasteiger partial charge in [-0.2, -0.15) is 0 Å². The third-order valence-electron chi connectivity index (χ3n) is 0.658. The van der Waals surface area contributed by atoms with Gasteiger partial charge in [-0.15, -0.1) is 0 Å². The van der Waals surface area contributed by atoms with Gasteiger partial charge in [-0.3, -0.25) is 0 Å². The Morgan fingerprint density at radius 1 is 0.917 bits per heavy atom. The van der Waals surface area contributed by atoms with Gasteiger partial charge in [0, 0.05) is 0 Å². The molecule has 6 heteroatoms. The summed E-state index contributed by atoms with van der Waals surface area (Å²) in [6.45, 7) is 1.55. The molecule has 6 nitrogen and oxygen atoms in total. The van der Waals surface area contributed by atoms with Gasteiger partial charge in [0.15, 0.2) is 0 Å². The number of nitrogens with two attached hydrogens (primary N) is 2. The molecule has 0 atom stereocenters. The van der Waals surface area contributed by atoms with E-state index >= 15 is 0 Å². The van der Waals surface area contributed by atoms with Gasteiger partial charge in [-0.05, 0) is 25.9 Å². The van der Waals surface area contributed by atoms with Crippen molar-refractivity contribution in [2.75, 3.05) is 13.1 Å². The Kier molecular flexibility index (Phi) is 47.1. The topological polar surface area (TPSA) is 134 Å². The Labute approximate surface area is 70.9 Å². The monoisotopic (exact) mass is 174 g/mol. The molecule has 0 unspecified atom stereocenters. The summed E-state index contributed by atoms with van der Waals surface area (Å²) in [5.41, 5.74) is 10.3. The van der Waals surface area contributed by atoms with Crippen LogP contribution in [-0.2, 0) is 9.59 Å². The van der Waals surface area contributed by atoms with Gasteiger partial charge in [0.05, 0.1) is 0 Å². The molecule has 0 aliphatic heterocycles. The molecular weight excluding hydrogens is 160 g/mol. The van der Waals surface area contributed by atoms with Crippen LogP contribution in [0.15, 0.2) is 0 Å². The second-order valence-electron chi connectivity index (χ2n) is 1.49. The Morgan fingerprint density at radius 2 is 1.08 bits per heavy atom. The molecule has 0 saturated carbocycles. The Morgan fingerprint density at radius 3 is 1.17 bits per heavy atom. The van der Waals surface area contributed by atoms with Crippen molar-refractivity contribution in [3.63, 3.8) is 0 Å². The number of nitrogens with one attached hydrogen (secondary N) is 2. The maximum Gasteiger partial charge on any atom is 0.231 e. The maximum atomic E-state index is 8.35. The van der Waals surface area contributed by atoms with Crippen LogP contribution in [0.1, 0.15) is 12.8 Å². The normalized spacial score (nSPS) is 5.83. The summed E-state index contributed by atoms with van der Waals surface area (Å²) in [5.74, 6) is 0. The average Bonchev–Trinajstić information content (AvgIpc) is 2.04. The number of isocyanates is 2. The first kappa shape index (κ1) is 17.0. The van der Waals surface area contributed by atoms with Crippen molar-refractivity contribution >= 4 is 12.2 Å². The Bertz CT molecular complexity index is 110. The Hall–Kier alpha value is -1.32. The molecule has 12 heavy (non-hydrogen) atoms. The van der Waals surface area contributed by atoms with Gasteiger partial charge < -0.3 is 11.5 Å². The fraction of sp³-hybridized carbons (Fsp3) is 0.667. The third-order valence-corrected chi connectivity index (χ3v) is 0.658. The van der Waals surface area contributed by atoms with Gasteiger partial charge in [0.25, 0.3) is 0 Å². The van der Waals surface area contributed by atoms with Crippen LogP contribution in [0.3, 0.4) is 0 Å². The summed E-state index contributed by atoms with van der Waals surface area (Å²) in [6, 6.07) is 0. The van der Waals surface area contributed by atoms with Gasteiger partial charge in [-0.25, -0.2) is 20.4 Å². The predicted molar refractivity (Wildman–Crippen MR) is 44.2 cm³/mol. The molecule has 0 aliphatic carbocycles. The summed E-state index contributed by atoms with van der Waals surface area (Å²) >= 11 is 0. The van der Waals surface area contributed by atoms with E-state index in [2.05, 4.69) is 0 Å². The molecule has 0 aromatic heterocycles. The lowest BCUT2D eigenvalue weighted by atomic mass is 10.3. The highest BCUT2D eigenvalue weighted by molar-refractivity contribution is 5.26. The molecule has 0 fully saturated rings. The van der Waals surface area contributed by atoms with Gasteiger partial charge in [0.1, 0.15) is 0 Å². The lowest BCUT2D eigenvalue weighted by molar-refractivity contribution is 0.562. The molecule has 0 aliphatic rings. The van der Waals surface area contributed by atoms with Gasteiger partial charge in [-0.1, -0.05) is 0 Å². The smallest absolute Gasteiger partial charge is 0.231 e. The number of hydrogen-bond donors (Lipinski definition) is 4. The quantitative estimate of drug-likeness (QED) is 0.260. The molecule has 0 saturated heterocycles. The van der Waals surface area contributed by atoms with Gasteiger partial charge >= 0.3 is 0 Å². The van der Waals surface area contributed by atoms with Crippen LogP contribution in [0.5, 0.6) is 0 Å². The van der Waals surface area contributed by atoms with Crippen molar-refractivity contribution < 1.29 is 9.59 Å². The molecular formula is C6H14N4O2. The second-order valence-corrected chi connectivity index (χ2v) is 1.49. The standard InChI is InChI=1S/C4H12N2.2CHNO/c5-3-1-2-4-6;2*2-1-3/h1-6H2;2*2H. The fourth-order valence-electron chi connectivity index (χ4n) is 0.289. The van der Waals surface area contributed by atoms with E-state index in [1.165, 1.54) is 0 Å². The minimum atomic E-state index is 0.750. The molecule has 0 heterocycles. The molecule has 0 bridgehead atoms. The highest BCUT2D eigenvalue weighted by atomic mass is 16.1. The molecule has 0 aromatic rings. The molecule has 6 N–H and O–H groups in total. The molecule has 70 valence electrons. The number of rotatable bonds is 3. The molecule has 0 spiro atoms. The van der Waals surface area contributed by atoms with Gasteiger partial charge in [0.2, 0.25) is 12.2 Å². The van der Waals surface area contributed by atoms with E-state index in [9.17, 15) is 0 Å². The lowest BCUT2D eigenvalue weighted by Gasteiger charge is -1.87. The SMILES string of the molecule is N=C=O.N=C=O.NCCCCN. The van der Waals surface area contributed by atoms with E-state index in [0.717, 1.165) is 38.1 Å². The van der Waals surface area contributed by atoms with E-state index in [4.69, 9.17) is 31.9 Å². The van der Waals surface area contributed by atoms with Crippen molar-refractivity contribution in [3.05, 3.63) is 0 Å². The van der Waals surface area contributed by atoms with E-state index in [-0.39, 0.29) is 0 Å². The van der Waals surface area contributed by atoms with Crippen molar-refractivity contribution in [2.45, 2.75) is 12.8 Å². The largest absolute Gasteiger partial charge is 0.330 e. The fourth-order valence-corrected chi connectivity index (χ4v) is 0.289. The first-order valence-corrected chi connectivity index (χ1v) is 3.22. The summed E-state index contributed by atoms with van der Waals surface area (Å²) in [6.07, 6.45) is 3.63. The highest BCUT2D eigenvalue weighted by Crippen LogP contribution is 1.77. The number of carbonyl (C=O) groups excluding carboxylic acids is 2. The molecule has 0 rings (SSSR count). The van der Waals surface area contributed by atoms with Crippen molar-refractivity contribution in [3.8, 4) is 0 Å². The van der Waals surface area contributed by atoms with Crippen LogP contribution >= 0.6 is 0 Å². The second kappa shape index (κ2) is 33.3. The maximum absolute atomic E-state index is 8.35. The summed E-state index contributed by atoms with van der Waals surface area (Å²) in [4.78, 5) is 16.7. The van der Waals surface area contributed by atoms with Crippen LogP contribution < -0.4 is 11.5 Å². The Balaban J connectivity index is -0.000000115. The first-order chi connectivity index (χ1) is 5.74. The minimum Gasteiger partial charge on any atom is -0.330 e. The summed E-state index contributed by atoms with van der Waals surface area (Å²) in [5, 5.41) is 10.8. The third kappa shape index (κ3) is 181. The van der Waals surface area contributed by atoms with E-state index < -0.39 is 0 Å². The molecule has 0 radical (unpaired) electrons. The average molecular weight is 174 g/mol. The number of hydrogen-bond acceptors (Lipinski definition) is 6. The van der Waals surface area contributed by atoms with E-state index in [0.29, 0.717) is 0 Å². The van der Waals surface area contributed by atoms with Crippen molar-refractivity contribution in [2.24, 2.45) is 11.5 Å². The highest BCUT2D eigenvalue weighted by Gasteiger charge is 1.75. The predicted octanol–water partition coefficient (Wildman–Crippen LogP) is -0.514. The summed E-state index contributed by atoms with van der Waals surface area (Å²) in [7, 11) is 0. The van der Waals surface area contributed by atoms with Crippen LogP contribution in [0.4, 0.5) is 0 Å². The first-order valence-electron chi connectivity index (χ1n) is 3.22. The zero-order valence-corrected chi connectivity index (χ0v) is 6.80. The zero-order chi connectivity index (χ0) is 10.2. The van der Waals surface area contributed by atoms with Crippen LogP contribution in [0.25, 0.3) is 0 Å².